The second-order valence-corrected chi connectivity index (χ2v) is 11.0. The molecule has 1 aliphatic heterocycles. The summed E-state index contributed by atoms with van der Waals surface area (Å²) in [7, 11) is 4.01. The van der Waals surface area contributed by atoms with Gasteiger partial charge in [0.15, 0.2) is 0 Å². The zero-order valence-electron chi connectivity index (χ0n) is 22.5. The fraction of sp³-hybridized carbons (Fsp3) is 0.290. The number of H-pyrrole nitrogens is 1. The van der Waals surface area contributed by atoms with Crippen LogP contribution < -0.4 is 10.6 Å². The minimum atomic E-state index is -0.791. The third kappa shape index (κ3) is 6.10. The van der Waals surface area contributed by atoms with Crippen molar-refractivity contribution < 1.29 is 9.59 Å². The van der Waals surface area contributed by atoms with Crippen molar-refractivity contribution in [2.45, 2.75) is 38.4 Å². The Morgan fingerprint density at radius 3 is 2.69 bits per heavy atom. The number of rotatable bonds is 7. The lowest BCUT2D eigenvalue weighted by Gasteiger charge is -2.32. The van der Waals surface area contributed by atoms with Gasteiger partial charge in [0.25, 0.3) is 0 Å². The average molecular weight is 544 g/mol. The summed E-state index contributed by atoms with van der Waals surface area (Å²) in [5, 5.41) is 7.87. The summed E-state index contributed by atoms with van der Waals surface area (Å²) in [6.45, 7) is 3.77. The van der Waals surface area contributed by atoms with Crippen molar-refractivity contribution in [3.63, 3.8) is 0 Å². The van der Waals surface area contributed by atoms with Crippen LogP contribution in [0, 0.1) is 0 Å². The summed E-state index contributed by atoms with van der Waals surface area (Å²) in [5.74, 6) is -0.543. The Morgan fingerprint density at radius 1 is 1.05 bits per heavy atom. The van der Waals surface area contributed by atoms with Gasteiger partial charge in [-0.3, -0.25) is 4.79 Å². The Hall–Kier alpha value is -3.81. The Labute approximate surface area is 234 Å². The lowest BCUT2D eigenvalue weighted by atomic mass is 9.92. The number of benzene rings is 3. The third-order valence-electron chi connectivity index (χ3n) is 7.33. The van der Waals surface area contributed by atoms with E-state index in [0.717, 1.165) is 46.1 Å². The molecule has 5 rings (SSSR count). The van der Waals surface area contributed by atoms with Crippen molar-refractivity contribution in [2.75, 3.05) is 26.0 Å². The van der Waals surface area contributed by atoms with Crippen LogP contribution in [0.2, 0.25) is 5.02 Å². The van der Waals surface area contributed by atoms with Crippen LogP contribution >= 0.6 is 11.6 Å². The number of fused-ring (bicyclic) bond motifs is 2. The van der Waals surface area contributed by atoms with Gasteiger partial charge in [0.1, 0.15) is 6.04 Å². The van der Waals surface area contributed by atoms with E-state index >= 15 is 0 Å². The molecule has 7 nitrogen and oxygen atoms in total. The quantitative estimate of drug-likeness (QED) is 0.277. The number of hydrogen-bond acceptors (Lipinski definition) is 3. The molecule has 1 aliphatic rings. The number of carbonyl (C=O) groups excluding carboxylic acids is 2. The monoisotopic (exact) mass is 543 g/mol. The van der Waals surface area contributed by atoms with E-state index in [1.54, 1.807) is 4.90 Å². The zero-order chi connectivity index (χ0) is 27.5. The van der Waals surface area contributed by atoms with Crippen LogP contribution in [-0.4, -0.2) is 53.4 Å². The highest BCUT2D eigenvalue weighted by Gasteiger charge is 2.32. The number of carbonyl (C=O) groups is 2. The molecule has 2 atom stereocenters. The number of hydrogen-bond donors (Lipinski definition) is 3. The highest BCUT2D eigenvalue weighted by Crippen LogP contribution is 2.29. The Bertz CT molecular complexity index is 1500. The van der Waals surface area contributed by atoms with Gasteiger partial charge >= 0.3 is 6.03 Å². The first kappa shape index (κ1) is 26.8. The number of para-hydroxylation sites is 1. The maximum atomic E-state index is 13.8. The predicted molar refractivity (Wildman–Crippen MR) is 157 cm³/mol. The topological polar surface area (TPSA) is 80.5 Å². The van der Waals surface area contributed by atoms with Gasteiger partial charge in [-0.05, 0) is 73.1 Å². The summed E-state index contributed by atoms with van der Waals surface area (Å²) in [5.41, 5.74) is 6.00. The first-order chi connectivity index (χ1) is 18.8. The molecule has 3 aromatic carbocycles. The minimum absolute atomic E-state index is 0.257. The molecule has 0 saturated carbocycles. The largest absolute Gasteiger partial charge is 0.361 e. The third-order valence-corrected chi connectivity index (χ3v) is 7.57. The SMILES string of the molecule is C[C@@H](c1c[nH]c2ccccc12)[C@@H](NC(=O)N1CCc2cc(Cl)ccc2C1)C(=O)Nc1cccc(CN(C)C)c1. The Kier molecular flexibility index (Phi) is 7.91. The van der Waals surface area contributed by atoms with Gasteiger partial charge in [0, 0.05) is 53.4 Å². The molecule has 0 bridgehead atoms. The molecule has 4 aromatic rings. The van der Waals surface area contributed by atoms with Crippen molar-refractivity contribution in [1.29, 1.82) is 0 Å². The smallest absolute Gasteiger partial charge is 0.318 e. The summed E-state index contributed by atoms with van der Waals surface area (Å²) < 4.78 is 0. The molecule has 8 heteroatoms. The highest BCUT2D eigenvalue weighted by molar-refractivity contribution is 6.30. The van der Waals surface area contributed by atoms with E-state index in [0.29, 0.717) is 23.8 Å². The number of nitrogens with one attached hydrogen (secondary N) is 3. The molecule has 0 unspecified atom stereocenters. The first-order valence-electron chi connectivity index (χ1n) is 13.2. The molecule has 0 aliphatic carbocycles. The van der Waals surface area contributed by atoms with Crippen LogP contribution in [0.1, 0.15) is 35.1 Å². The Morgan fingerprint density at radius 2 is 1.87 bits per heavy atom. The normalized spacial score (nSPS) is 14.6. The molecule has 0 saturated heterocycles. The number of anilines is 1. The summed E-state index contributed by atoms with van der Waals surface area (Å²) >= 11 is 6.16. The molecular weight excluding hydrogens is 510 g/mol. The number of aromatic amines is 1. The van der Waals surface area contributed by atoms with Gasteiger partial charge in [-0.2, -0.15) is 0 Å². The zero-order valence-corrected chi connectivity index (χ0v) is 23.3. The van der Waals surface area contributed by atoms with Gasteiger partial charge in [-0.25, -0.2) is 4.79 Å². The second kappa shape index (κ2) is 11.5. The van der Waals surface area contributed by atoms with Crippen molar-refractivity contribution in [3.8, 4) is 0 Å². The van der Waals surface area contributed by atoms with Crippen molar-refractivity contribution in [2.24, 2.45) is 0 Å². The predicted octanol–water partition coefficient (Wildman–Crippen LogP) is 5.76. The van der Waals surface area contributed by atoms with Gasteiger partial charge < -0.3 is 25.4 Å². The summed E-state index contributed by atoms with van der Waals surface area (Å²) in [4.78, 5) is 34.5. The number of amides is 3. The second-order valence-electron chi connectivity index (χ2n) is 10.5. The average Bonchev–Trinajstić information content (AvgIpc) is 3.35. The fourth-order valence-electron chi connectivity index (χ4n) is 5.32. The molecule has 0 spiro atoms. The first-order valence-corrected chi connectivity index (χ1v) is 13.6. The lowest BCUT2D eigenvalue weighted by molar-refractivity contribution is -0.118. The molecule has 3 amide bonds. The molecule has 3 N–H and O–H groups in total. The maximum absolute atomic E-state index is 13.8. The van der Waals surface area contributed by atoms with E-state index in [1.165, 1.54) is 0 Å². The standard InChI is InChI=1S/C31H34ClN5O2/c1-20(27-17-33-28-10-5-4-9-26(27)28)29(30(38)34-25-8-6-7-21(15-25)18-36(2)3)35-31(39)37-14-13-22-16-24(32)12-11-23(22)19-37/h4-12,15-17,20,29,33H,13-14,18-19H2,1-3H3,(H,34,38)(H,35,39)/t20-,29+/m0/s1. The Balaban J connectivity index is 1.40. The molecule has 0 fully saturated rings. The maximum Gasteiger partial charge on any atom is 0.318 e. The number of nitrogens with zero attached hydrogens (tertiary/aromatic N) is 2. The molecule has 0 radical (unpaired) electrons. The molecule has 2 heterocycles. The van der Waals surface area contributed by atoms with Crippen LogP contribution in [0.15, 0.2) is 72.9 Å². The van der Waals surface area contributed by atoms with E-state index < -0.39 is 6.04 Å². The van der Waals surface area contributed by atoms with Crippen LogP contribution in [0.4, 0.5) is 10.5 Å². The van der Waals surface area contributed by atoms with E-state index in [4.69, 9.17) is 11.6 Å². The van der Waals surface area contributed by atoms with E-state index in [1.807, 2.05) is 93.9 Å². The number of urea groups is 1. The molecule has 202 valence electrons. The van der Waals surface area contributed by atoms with Crippen LogP contribution in [-0.2, 0) is 24.3 Å². The lowest BCUT2D eigenvalue weighted by Crippen LogP contribution is -2.52. The molecule has 39 heavy (non-hydrogen) atoms. The van der Waals surface area contributed by atoms with Crippen molar-refractivity contribution >= 4 is 40.1 Å². The molecule has 1 aromatic heterocycles. The number of aromatic nitrogens is 1. The van der Waals surface area contributed by atoms with E-state index in [2.05, 4.69) is 20.5 Å². The summed E-state index contributed by atoms with van der Waals surface area (Å²) in [6, 6.07) is 20.5. The van der Waals surface area contributed by atoms with Crippen molar-refractivity contribution in [3.05, 3.63) is 100 Å². The van der Waals surface area contributed by atoms with Gasteiger partial charge in [0.2, 0.25) is 5.91 Å². The van der Waals surface area contributed by atoms with Crippen LogP contribution in [0.5, 0.6) is 0 Å². The van der Waals surface area contributed by atoms with Gasteiger partial charge in [0.05, 0.1) is 0 Å². The van der Waals surface area contributed by atoms with E-state index in [-0.39, 0.29) is 17.9 Å². The van der Waals surface area contributed by atoms with Crippen LogP contribution in [0.25, 0.3) is 10.9 Å². The van der Waals surface area contributed by atoms with Gasteiger partial charge in [-0.1, -0.05) is 54.9 Å². The van der Waals surface area contributed by atoms with Crippen molar-refractivity contribution in [1.82, 2.24) is 20.1 Å². The molecular formula is C31H34ClN5O2. The van der Waals surface area contributed by atoms with Gasteiger partial charge in [-0.15, -0.1) is 0 Å². The number of halogens is 1. The highest BCUT2D eigenvalue weighted by atomic mass is 35.5. The van der Waals surface area contributed by atoms with E-state index in [9.17, 15) is 9.59 Å². The summed E-state index contributed by atoms with van der Waals surface area (Å²) in [6.07, 6.45) is 2.65. The fourth-order valence-corrected chi connectivity index (χ4v) is 5.51. The van der Waals surface area contributed by atoms with Crippen LogP contribution in [0.3, 0.4) is 0 Å². The minimum Gasteiger partial charge on any atom is -0.361 e.